The standard InChI is InChI=1S/C26H35N5O12S2/c1-10-17(34)5-18(35)12-8-44-45-9-15(22(37)28-11(2)25(40)41)30-21(36)14(7-43-26(42)19(10)12)29-23(38)20-16(33)3-4-31(20)24(39)13(27)6-32/h5,11,13-16,20,32-35H,3-4,6-9,27H2,1-2H3,(H,28,37)(H,29,38)(H,30,36)(H,40,41)/t11-,13-,14-,15-,16+,20-/m0/s1. The van der Waals surface area contributed by atoms with Gasteiger partial charge in [-0.05, 0) is 20.3 Å². The number of hydrogen-bond acceptors (Lipinski definition) is 14. The lowest BCUT2D eigenvalue weighted by atomic mass is 10.0. The van der Waals surface area contributed by atoms with E-state index in [-0.39, 0.29) is 41.2 Å². The molecule has 1 fully saturated rings. The largest absolute Gasteiger partial charge is 0.508 e. The number of rotatable bonds is 7. The number of nitrogens with one attached hydrogen (secondary N) is 3. The molecule has 0 saturated carbocycles. The van der Waals surface area contributed by atoms with Crippen molar-refractivity contribution in [1.29, 1.82) is 0 Å². The first-order valence-corrected chi connectivity index (χ1v) is 16.1. The summed E-state index contributed by atoms with van der Waals surface area (Å²) in [4.78, 5) is 77.9. The number of amides is 4. The highest BCUT2D eigenvalue weighted by Crippen LogP contribution is 2.37. The Labute approximate surface area is 264 Å². The monoisotopic (exact) mass is 673 g/mol. The third kappa shape index (κ3) is 8.48. The van der Waals surface area contributed by atoms with Gasteiger partial charge >= 0.3 is 11.9 Å². The van der Waals surface area contributed by atoms with Gasteiger partial charge in [-0.15, -0.1) is 0 Å². The number of phenols is 2. The third-order valence-corrected chi connectivity index (χ3v) is 9.48. The molecule has 45 heavy (non-hydrogen) atoms. The number of nitrogens with two attached hydrogens (primary N) is 1. The smallest absolute Gasteiger partial charge is 0.339 e. The minimum absolute atomic E-state index is 0.00452. The fourth-order valence-electron chi connectivity index (χ4n) is 4.58. The molecule has 1 aromatic carbocycles. The first-order valence-electron chi connectivity index (χ1n) is 13.6. The topological polar surface area (TPSA) is 278 Å². The van der Waals surface area contributed by atoms with Gasteiger partial charge in [-0.1, -0.05) is 21.6 Å². The number of cyclic esters (lactones) is 1. The van der Waals surface area contributed by atoms with E-state index in [9.17, 15) is 54.3 Å². The van der Waals surface area contributed by atoms with Gasteiger partial charge in [0.25, 0.3) is 0 Å². The van der Waals surface area contributed by atoms with E-state index in [4.69, 9.17) is 10.5 Å². The molecule has 0 radical (unpaired) electrons. The molecule has 2 heterocycles. The average Bonchev–Trinajstić information content (AvgIpc) is 3.38. The van der Waals surface area contributed by atoms with Crippen LogP contribution in [0, 0.1) is 6.92 Å². The minimum atomic E-state index is -1.71. The molecule has 2 aliphatic rings. The fraction of sp³-hybridized carbons (Fsp3) is 0.538. The van der Waals surface area contributed by atoms with Gasteiger partial charge in [0, 0.05) is 35.2 Å². The number of esters is 1. The van der Waals surface area contributed by atoms with Gasteiger partial charge in [0.15, 0.2) is 0 Å². The van der Waals surface area contributed by atoms with Crippen LogP contribution in [0.3, 0.4) is 0 Å². The summed E-state index contributed by atoms with van der Waals surface area (Å²) in [6.45, 7) is 0.975. The first kappa shape index (κ1) is 35.7. The van der Waals surface area contributed by atoms with Crippen molar-refractivity contribution in [2.24, 2.45) is 5.73 Å². The Balaban J connectivity index is 1.96. The number of fused-ring (bicyclic) bond motifs is 1. The number of aliphatic hydroxyl groups excluding tert-OH is 2. The Morgan fingerprint density at radius 2 is 1.87 bits per heavy atom. The molecule has 0 aliphatic carbocycles. The lowest BCUT2D eigenvalue weighted by Gasteiger charge is -2.29. The fourth-order valence-corrected chi connectivity index (χ4v) is 6.84. The van der Waals surface area contributed by atoms with Gasteiger partial charge in [0.05, 0.1) is 18.3 Å². The van der Waals surface area contributed by atoms with Crippen LogP contribution in [-0.4, -0.2) is 128 Å². The van der Waals surface area contributed by atoms with E-state index < -0.39 is 96.6 Å². The van der Waals surface area contributed by atoms with Gasteiger partial charge in [-0.2, -0.15) is 0 Å². The van der Waals surface area contributed by atoms with Crippen LogP contribution >= 0.6 is 21.6 Å². The maximum Gasteiger partial charge on any atom is 0.339 e. The van der Waals surface area contributed by atoms with Gasteiger partial charge in [-0.25, -0.2) is 4.79 Å². The van der Waals surface area contributed by atoms with E-state index >= 15 is 0 Å². The number of phenolic OH excluding ortho intramolecular Hbond substituents is 2. The maximum atomic E-state index is 13.5. The van der Waals surface area contributed by atoms with Crippen molar-refractivity contribution in [3.63, 3.8) is 0 Å². The first-order chi connectivity index (χ1) is 21.2. The molecule has 0 aromatic heterocycles. The van der Waals surface area contributed by atoms with Crippen LogP contribution < -0.4 is 21.7 Å². The summed E-state index contributed by atoms with van der Waals surface area (Å²) in [5.74, 6) is -7.10. The Kier molecular flexibility index (Phi) is 12.3. The Morgan fingerprint density at radius 1 is 1.18 bits per heavy atom. The van der Waals surface area contributed by atoms with E-state index in [1.54, 1.807) is 0 Å². The molecule has 0 spiro atoms. The normalized spacial score (nSPS) is 24.0. The number of carbonyl (C=O) groups is 6. The van der Waals surface area contributed by atoms with Crippen molar-refractivity contribution in [2.45, 2.75) is 62.3 Å². The highest BCUT2D eigenvalue weighted by Gasteiger charge is 2.43. The van der Waals surface area contributed by atoms with Crippen LogP contribution in [0.4, 0.5) is 0 Å². The number of carboxylic acid groups (broad SMARTS) is 1. The number of benzene rings is 1. The average molecular weight is 674 g/mol. The number of nitrogens with zero attached hydrogens (tertiary/aromatic N) is 1. The number of carbonyl (C=O) groups excluding carboxylic acids is 5. The van der Waals surface area contributed by atoms with Gasteiger partial charge < -0.3 is 56.9 Å². The number of hydrogen-bond donors (Lipinski definition) is 9. The van der Waals surface area contributed by atoms with Crippen LogP contribution in [-0.2, 0) is 34.5 Å². The quantitative estimate of drug-likeness (QED) is 0.105. The zero-order valence-corrected chi connectivity index (χ0v) is 25.9. The van der Waals surface area contributed by atoms with Crippen LogP contribution in [0.15, 0.2) is 6.07 Å². The molecule has 3 rings (SSSR count). The van der Waals surface area contributed by atoms with Crippen molar-refractivity contribution in [2.75, 3.05) is 25.5 Å². The van der Waals surface area contributed by atoms with E-state index in [1.165, 1.54) is 13.8 Å². The molecular weight excluding hydrogens is 638 g/mol. The minimum Gasteiger partial charge on any atom is -0.508 e. The summed E-state index contributed by atoms with van der Waals surface area (Å²) in [6.07, 6.45) is -1.39. The SMILES string of the molecule is Cc1c(O)cc(O)c2c1C(=O)OC[C@H](NC(=O)[C@@H]1[C@H](O)CCN1C(=O)[C@@H](N)CO)C(=O)N[C@H](C(=O)N[C@@H](C)C(=O)O)CSSC2. The van der Waals surface area contributed by atoms with Crippen LogP contribution in [0.25, 0.3) is 0 Å². The van der Waals surface area contributed by atoms with Gasteiger partial charge in [0.2, 0.25) is 23.6 Å². The van der Waals surface area contributed by atoms with E-state index in [2.05, 4.69) is 16.0 Å². The molecule has 2 aliphatic heterocycles. The summed E-state index contributed by atoms with van der Waals surface area (Å²) in [5, 5.41) is 56.7. The van der Waals surface area contributed by atoms with E-state index in [0.29, 0.717) is 0 Å². The molecule has 0 bridgehead atoms. The van der Waals surface area contributed by atoms with Crippen molar-refractivity contribution in [3.8, 4) is 11.5 Å². The van der Waals surface area contributed by atoms with Crippen LogP contribution in [0.1, 0.15) is 34.8 Å². The zero-order chi connectivity index (χ0) is 33.6. The molecule has 1 aromatic rings. The number of aliphatic hydroxyl groups is 2. The van der Waals surface area contributed by atoms with Crippen LogP contribution in [0.5, 0.6) is 11.5 Å². The second-order valence-corrected chi connectivity index (χ2v) is 12.9. The Hall–Kier alpha value is -3.78. The summed E-state index contributed by atoms with van der Waals surface area (Å²) >= 11 is 0. The molecule has 4 amide bonds. The Morgan fingerprint density at radius 3 is 2.51 bits per heavy atom. The predicted molar refractivity (Wildman–Crippen MR) is 159 cm³/mol. The van der Waals surface area contributed by atoms with Crippen molar-refractivity contribution in [1.82, 2.24) is 20.9 Å². The molecular formula is C26H35N5O12S2. The number of carboxylic acids is 1. The number of aromatic hydroxyl groups is 2. The van der Waals surface area contributed by atoms with E-state index in [1.807, 2.05) is 0 Å². The number of ether oxygens (including phenoxy) is 1. The maximum absolute atomic E-state index is 13.5. The number of aliphatic carboxylic acids is 1. The van der Waals surface area contributed by atoms with Crippen LogP contribution in [0.2, 0.25) is 0 Å². The summed E-state index contributed by atoms with van der Waals surface area (Å²) < 4.78 is 5.34. The highest BCUT2D eigenvalue weighted by molar-refractivity contribution is 8.76. The second kappa shape index (κ2) is 15.5. The number of likely N-dealkylation sites (tertiary alicyclic amines) is 1. The van der Waals surface area contributed by atoms with Crippen molar-refractivity contribution in [3.05, 3.63) is 22.8 Å². The second-order valence-electron chi connectivity index (χ2n) is 10.4. The molecule has 248 valence electrons. The lowest BCUT2D eigenvalue weighted by Crippen LogP contribution is -2.61. The van der Waals surface area contributed by atoms with Crippen molar-refractivity contribution < 1.29 is 59.0 Å². The summed E-state index contributed by atoms with van der Waals surface area (Å²) in [6, 6.07) is -6.23. The summed E-state index contributed by atoms with van der Waals surface area (Å²) in [7, 11) is 2.13. The lowest BCUT2D eigenvalue weighted by molar-refractivity contribution is -0.143. The van der Waals surface area contributed by atoms with Gasteiger partial charge in [-0.3, -0.25) is 24.0 Å². The van der Waals surface area contributed by atoms with E-state index in [0.717, 1.165) is 32.6 Å². The molecule has 17 nitrogen and oxygen atoms in total. The molecule has 0 unspecified atom stereocenters. The van der Waals surface area contributed by atoms with Crippen molar-refractivity contribution >= 4 is 57.2 Å². The zero-order valence-electron chi connectivity index (χ0n) is 24.2. The third-order valence-electron chi connectivity index (χ3n) is 7.18. The molecule has 1 saturated heterocycles. The highest BCUT2D eigenvalue weighted by atomic mass is 33.1. The predicted octanol–water partition coefficient (Wildman–Crippen LogP) is -2.70. The summed E-state index contributed by atoms with van der Waals surface area (Å²) in [5.41, 5.74) is 5.60. The molecule has 10 N–H and O–H groups in total. The van der Waals surface area contributed by atoms with Gasteiger partial charge in [0.1, 0.15) is 48.3 Å². The molecule has 19 heteroatoms. The molecule has 6 atom stereocenters. The Bertz CT molecular complexity index is 1350.